The molecule has 0 radical (unpaired) electrons. The van der Waals surface area contributed by atoms with Gasteiger partial charge in [0.15, 0.2) is 11.5 Å². The molecule has 0 fully saturated rings. The van der Waals surface area contributed by atoms with E-state index in [9.17, 15) is 13.7 Å². The van der Waals surface area contributed by atoms with Crippen LogP contribution in [0, 0.1) is 0 Å². The van der Waals surface area contributed by atoms with Crippen LogP contribution in [0.1, 0.15) is 0 Å². The van der Waals surface area contributed by atoms with Crippen molar-refractivity contribution in [3.63, 3.8) is 0 Å². The second kappa shape index (κ2) is 7.29. The van der Waals surface area contributed by atoms with Crippen LogP contribution in [0.2, 0.25) is 0 Å². The third-order valence-corrected chi connectivity index (χ3v) is 4.70. The van der Waals surface area contributed by atoms with E-state index in [0.717, 1.165) is 0 Å². The van der Waals surface area contributed by atoms with Gasteiger partial charge in [-0.3, -0.25) is 4.89 Å². The van der Waals surface area contributed by atoms with Gasteiger partial charge in [0.25, 0.3) is 0 Å². The Labute approximate surface area is 122 Å². The van der Waals surface area contributed by atoms with E-state index in [4.69, 9.17) is 25.3 Å². The van der Waals surface area contributed by atoms with E-state index >= 15 is 0 Å². The van der Waals surface area contributed by atoms with Crippen LogP contribution in [0.25, 0.3) is 11.2 Å². The van der Waals surface area contributed by atoms with Crippen molar-refractivity contribution < 1.29 is 41.9 Å². The maximum absolute atomic E-state index is 10.3. The normalized spacial score (nSPS) is 14.8. The van der Waals surface area contributed by atoms with Crippen LogP contribution in [0.3, 0.4) is 0 Å². The molecule has 0 amide bonds. The Hall–Kier alpha value is -1.33. The predicted molar refractivity (Wildman–Crippen MR) is 70.0 cm³/mol. The first kappa shape index (κ1) is 18.7. The molecule has 0 aromatic carbocycles. The van der Waals surface area contributed by atoms with Gasteiger partial charge >= 0.3 is 23.9 Å². The van der Waals surface area contributed by atoms with Gasteiger partial charge in [-0.05, 0) is 4.31 Å². The van der Waals surface area contributed by atoms with Crippen LogP contribution >= 0.6 is 23.9 Å². The Morgan fingerprint density at radius 3 is 2.36 bits per heavy atom. The lowest BCUT2D eigenvalue weighted by atomic mass is 10.5. The average molecular weight is 376 g/mol. The molecule has 2 rings (SSSR count). The standard InChI is InChI=1S/C5H5N5.H3O9P3/c6-4-3-5(9-1-7-3)10-2-8-4;1-10(2)8-12(6,7)9-11(3,4)5/h1-2H,(H3,6,7,8,9,10);(H3-,1,2,3,4,5,6,7)/p+1. The van der Waals surface area contributed by atoms with E-state index in [1.807, 2.05) is 0 Å². The summed E-state index contributed by atoms with van der Waals surface area (Å²) < 4.78 is 36.4. The molecule has 0 aliphatic heterocycles. The molecule has 2 heterocycles. The van der Waals surface area contributed by atoms with E-state index in [1.165, 1.54) is 12.7 Å². The Morgan fingerprint density at radius 2 is 1.86 bits per heavy atom. The number of anilines is 1. The van der Waals surface area contributed by atoms with Crippen molar-refractivity contribution in [3.05, 3.63) is 12.7 Å². The monoisotopic (exact) mass is 376 g/mol. The molecule has 2 atom stereocenters. The average Bonchev–Trinajstić information content (AvgIpc) is 2.73. The summed E-state index contributed by atoms with van der Waals surface area (Å²) in [7, 11) is -13.9. The zero-order valence-corrected chi connectivity index (χ0v) is 12.9. The number of hydrogen-bond acceptors (Lipinski definition) is 9. The number of nitrogen functional groups attached to an aromatic ring is 1. The molecule has 2 aromatic rings. The maximum atomic E-state index is 10.3. The molecule has 14 nitrogen and oxygen atoms in total. The highest BCUT2D eigenvalue weighted by Crippen LogP contribution is 2.60. The summed E-state index contributed by atoms with van der Waals surface area (Å²) >= 11 is 0. The highest BCUT2D eigenvalue weighted by molar-refractivity contribution is 7.64. The van der Waals surface area contributed by atoms with Crippen LogP contribution in [-0.2, 0) is 22.3 Å². The lowest BCUT2D eigenvalue weighted by Gasteiger charge is -2.04. The Kier molecular flexibility index (Phi) is 6.20. The lowest BCUT2D eigenvalue weighted by Crippen LogP contribution is -1.91. The molecule has 0 aliphatic rings. The predicted octanol–water partition coefficient (Wildman–Crippen LogP) is -0.202. The quantitative estimate of drug-likeness (QED) is 0.380. The van der Waals surface area contributed by atoms with Crippen LogP contribution in [0.15, 0.2) is 12.7 Å². The van der Waals surface area contributed by atoms with Crippen LogP contribution < -0.4 is 5.73 Å². The van der Waals surface area contributed by atoms with Gasteiger partial charge in [0.2, 0.25) is 0 Å². The first-order valence-corrected chi connectivity index (χ1v) is 9.01. The van der Waals surface area contributed by atoms with Gasteiger partial charge in [-0.15, -0.1) is 4.89 Å². The minimum atomic E-state index is -5.22. The van der Waals surface area contributed by atoms with Gasteiger partial charge < -0.3 is 20.5 Å². The second-order valence-electron chi connectivity index (χ2n) is 3.22. The molecule has 0 aliphatic carbocycles. The number of aromatic amines is 1. The van der Waals surface area contributed by atoms with Gasteiger partial charge in [-0.1, -0.05) is 0 Å². The summed E-state index contributed by atoms with van der Waals surface area (Å²) in [6.45, 7) is 0. The van der Waals surface area contributed by atoms with Crippen molar-refractivity contribution in [3.8, 4) is 0 Å². The first-order valence-electron chi connectivity index (χ1n) is 4.85. The van der Waals surface area contributed by atoms with Crippen LogP contribution in [0.5, 0.6) is 0 Å². The summed E-state index contributed by atoms with van der Waals surface area (Å²) in [6, 6.07) is 0. The van der Waals surface area contributed by atoms with E-state index < -0.39 is 23.9 Å². The van der Waals surface area contributed by atoms with Crippen molar-refractivity contribution in [2.24, 2.45) is 0 Å². The summed E-state index contributed by atoms with van der Waals surface area (Å²) in [5.41, 5.74) is 6.78. The number of nitrogens with two attached hydrogens (primary N) is 1. The molecule has 2 aromatic heterocycles. The van der Waals surface area contributed by atoms with Crippen molar-refractivity contribution in [1.29, 1.82) is 0 Å². The molecule has 122 valence electrons. The number of imidazole rings is 1. The highest BCUT2D eigenvalue weighted by atomic mass is 31.3. The third-order valence-electron chi connectivity index (χ3n) is 1.63. The Morgan fingerprint density at radius 1 is 1.23 bits per heavy atom. The number of fused-ring (bicyclic) bond motifs is 1. The minimum Gasteiger partial charge on any atom is -0.382 e. The summed E-state index contributed by atoms with van der Waals surface area (Å²) in [4.78, 5) is 46.5. The minimum absolute atomic E-state index is 0.433. The third kappa shape index (κ3) is 6.62. The number of rotatable bonds is 4. The summed E-state index contributed by atoms with van der Waals surface area (Å²) in [5.74, 6) is 0.433. The van der Waals surface area contributed by atoms with E-state index in [0.29, 0.717) is 17.0 Å². The number of hydrogen-bond donors (Lipinski definition) is 6. The zero-order valence-electron chi connectivity index (χ0n) is 10.2. The van der Waals surface area contributed by atoms with Gasteiger partial charge in [0.05, 0.1) is 6.33 Å². The molecule has 7 N–H and O–H groups in total. The van der Waals surface area contributed by atoms with E-state index in [1.54, 1.807) is 0 Å². The summed E-state index contributed by atoms with van der Waals surface area (Å²) in [6.07, 6.45) is 2.92. The number of nitrogens with one attached hydrogen (secondary N) is 1. The molecule has 2 unspecified atom stereocenters. The Balaban J connectivity index is 0.000000222. The number of nitrogens with zero attached hydrogens (tertiary/aromatic N) is 3. The van der Waals surface area contributed by atoms with Gasteiger partial charge in [0.1, 0.15) is 11.8 Å². The molecule has 0 saturated heterocycles. The van der Waals surface area contributed by atoms with Gasteiger partial charge in [0, 0.05) is 4.57 Å². The van der Waals surface area contributed by atoms with E-state index in [2.05, 4.69) is 28.6 Å². The van der Waals surface area contributed by atoms with Crippen LogP contribution in [-0.4, -0.2) is 39.5 Å². The zero-order chi connectivity index (χ0) is 17.0. The van der Waals surface area contributed by atoms with Crippen molar-refractivity contribution >= 4 is 40.9 Å². The maximum Gasteiger partial charge on any atom is 0.705 e. The Bertz CT molecular complexity index is 757. The van der Waals surface area contributed by atoms with Crippen molar-refractivity contribution in [1.82, 2.24) is 19.9 Å². The van der Waals surface area contributed by atoms with Crippen molar-refractivity contribution in [2.75, 3.05) is 5.73 Å². The largest absolute Gasteiger partial charge is 0.705 e. The van der Waals surface area contributed by atoms with Crippen molar-refractivity contribution in [2.45, 2.75) is 0 Å². The fraction of sp³-hybridized carbons (Fsp3) is 0. The lowest BCUT2D eigenvalue weighted by molar-refractivity contribution is 0.227. The second-order valence-corrected chi connectivity index (χ2v) is 6.92. The molecule has 0 saturated carbocycles. The molecule has 0 spiro atoms. The molecule has 0 bridgehead atoms. The number of H-pyrrole nitrogens is 1. The number of aromatic nitrogens is 4. The topological polar surface area (TPSA) is 231 Å². The summed E-state index contributed by atoms with van der Waals surface area (Å²) in [5, 5.41) is 0. The molecule has 22 heavy (non-hydrogen) atoms. The van der Waals surface area contributed by atoms with Crippen LogP contribution in [0.4, 0.5) is 5.82 Å². The molecule has 17 heteroatoms. The SMILES string of the molecule is Nc1ncnc2nc[nH]c12.O=[P+](O)OP(=O)(O)OP(=O)(O)O. The van der Waals surface area contributed by atoms with Gasteiger partial charge in [-0.25, -0.2) is 24.1 Å². The first-order chi connectivity index (χ1) is 10.0. The van der Waals surface area contributed by atoms with E-state index in [-0.39, 0.29) is 0 Å². The molecular weight excluding hydrogens is 367 g/mol. The van der Waals surface area contributed by atoms with Gasteiger partial charge in [-0.2, -0.15) is 4.31 Å². The fourth-order valence-corrected chi connectivity index (χ4v) is 3.19. The fourth-order valence-electron chi connectivity index (χ4n) is 1.02. The smallest absolute Gasteiger partial charge is 0.382 e. The number of phosphoric acid groups is 2. The molecular formula is C5H9N5O9P3+. The highest BCUT2D eigenvalue weighted by Gasteiger charge is 2.40.